The Labute approximate surface area is 105 Å². The van der Waals surface area contributed by atoms with Crippen LogP contribution in [0.25, 0.3) is 0 Å². The average molecular weight is 308 g/mol. The zero-order valence-electron chi connectivity index (χ0n) is 8.91. The Kier molecular flexibility index (Phi) is 4.30. The van der Waals surface area contributed by atoms with Gasteiger partial charge in [-0.3, -0.25) is 4.79 Å². The van der Waals surface area contributed by atoms with E-state index in [2.05, 4.69) is 15.9 Å². The number of methoxy groups -OCH3 is 1. The summed E-state index contributed by atoms with van der Waals surface area (Å²) in [6.45, 7) is 0. The maximum Gasteiger partial charge on any atom is 0.305 e. The number of carboxylic acids is 1. The van der Waals surface area contributed by atoms with E-state index >= 15 is 0 Å². The van der Waals surface area contributed by atoms with Gasteiger partial charge in [0.25, 0.3) is 0 Å². The van der Waals surface area contributed by atoms with Gasteiger partial charge in [0.1, 0.15) is 5.82 Å². The Morgan fingerprint density at radius 2 is 2.29 bits per heavy atom. The van der Waals surface area contributed by atoms with Crippen LogP contribution in [0.5, 0.6) is 11.5 Å². The summed E-state index contributed by atoms with van der Waals surface area (Å²) in [5.74, 6) is -2.26. The third-order valence-corrected chi connectivity index (χ3v) is 2.98. The molecule has 17 heavy (non-hydrogen) atoms. The fourth-order valence-corrected chi connectivity index (χ4v) is 2.07. The predicted molar refractivity (Wildman–Crippen MR) is 61.5 cm³/mol. The number of carboxylic acid groups (broad SMARTS) is 1. The summed E-state index contributed by atoms with van der Waals surface area (Å²) in [4.78, 5) is 10.5. The lowest BCUT2D eigenvalue weighted by molar-refractivity contribution is -0.137. The molecule has 1 unspecified atom stereocenters. The number of ether oxygens (including phenoxy) is 1. The molecule has 1 rings (SSSR count). The van der Waals surface area contributed by atoms with Crippen molar-refractivity contribution in [1.29, 1.82) is 0 Å². The van der Waals surface area contributed by atoms with E-state index in [4.69, 9.17) is 15.6 Å². The molecule has 94 valence electrons. The lowest BCUT2D eigenvalue weighted by Crippen LogP contribution is -2.17. The summed E-state index contributed by atoms with van der Waals surface area (Å²) in [7, 11) is 1.28. The van der Waals surface area contributed by atoms with Gasteiger partial charge < -0.3 is 20.7 Å². The minimum Gasteiger partial charge on any atom is -0.503 e. The highest BCUT2D eigenvalue weighted by molar-refractivity contribution is 9.10. The van der Waals surface area contributed by atoms with Gasteiger partial charge in [-0.15, -0.1) is 0 Å². The van der Waals surface area contributed by atoms with Crippen LogP contribution in [-0.2, 0) is 4.79 Å². The lowest BCUT2D eigenvalue weighted by Gasteiger charge is -2.15. The molecule has 1 aromatic rings. The quantitative estimate of drug-likeness (QED) is 0.788. The molecule has 0 aliphatic heterocycles. The van der Waals surface area contributed by atoms with Crippen LogP contribution in [0.1, 0.15) is 18.0 Å². The molecule has 0 bridgehead atoms. The van der Waals surface area contributed by atoms with Gasteiger partial charge in [0, 0.05) is 17.7 Å². The number of aromatic hydroxyl groups is 1. The molecule has 1 atom stereocenters. The van der Waals surface area contributed by atoms with Gasteiger partial charge in [0.15, 0.2) is 11.5 Å². The zero-order valence-corrected chi connectivity index (χ0v) is 10.5. The number of halogens is 2. The molecule has 7 heteroatoms. The van der Waals surface area contributed by atoms with Crippen molar-refractivity contribution in [3.05, 3.63) is 21.9 Å². The molecule has 0 saturated heterocycles. The number of phenolic OH excluding ortho intramolecular Hbond substituents is 1. The van der Waals surface area contributed by atoms with Crippen molar-refractivity contribution < 1.29 is 24.1 Å². The van der Waals surface area contributed by atoms with Crippen LogP contribution >= 0.6 is 15.9 Å². The normalized spacial score (nSPS) is 12.2. The van der Waals surface area contributed by atoms with Crippen LogP contribution in [0.4, 0.5) is 4.39 Å². The van der Waals surface area contributed by atoms with Crippen LogP contribution in [-0.4, -0.2) is 23.3 Å². The molecule has 5 nitrogen and oxygen atoms in total. The van der Waals surface area contributed by atoms with E-state index in [0.29, 0.717) is 0 Å². The van der Waals surface area contributed by atoms with E-state index in [1.807, 2.05) is 0 Å². The predicted octanol–water partition coefficient (Wildman–Crippen LogP) is 1.78. The standard InChI is InChI=1S/C10H11BrFNO4/c1-17-6-2-4(12)8(9(11)10(6)16)5(13)3-7(14)15/h2,5,16H,3,13H2,1H3,(H,14,15). The van der Waals surface area contributed by atoms with Crippen molar-refractivity contribution in [3.63, 3.8) is 0 Å². The topological polar surface area (TPSA) is 92.8 Å². The zero-order chi connectivity index (χ0) is 13.2. The Bertz CT molecular complexity index is 452. The summed E-state index contributed by atoms with van der Waals surface area (Å²) < 4.78 is 18.4. The van der Waals surface area contributed by atoms with Crippen molar-refractivity contribution >= 4 is 21.9 Å². The lowest BCUT2D eigenvalue weighted by atomic mass is 10.0. The van der Waals surface area contributed by atoms with Crippen molar-refractivity contribution in [1.82, 2.24) is 0 Å². The first kappa shape index (κ1) is 13.7. The first-order valence-electron chi connectivity index (χ1n) is 4.60. The highest BCUT2D eigenvalue weighted by atomic mass is 79.9. The fourth-order valence-electron chi connectivity index (χ4n) is 1.39. The summed E-state index contributed by atoms with van der Waals surface area (Å²) in [6, 6.07) is -0.101. The molecule has 0 aliphatic carbocycles. The molecule has 4 N–H and O–H groups in total. The molecule has 0 radical (unpaired) electrons. The van der Waals surface area contributed by atoms with E-state index in [1.54, 1.807) is 0 Å². The van der Waals surface area contributed by atoms with Gasteiger partial charge in [-0.25, -0.2) is 4.39 Å². The fraction of sp³-hybridized carbons (Fsp3) is 0.300. The second-order valence-corrected chi connectivity index (χ2v) is 4.13. The number of phenols is 1. The Hall–Kier alpha value is -1.34. The monoisotopic (exact) mass is 307 g/mol. The van der Waals surface area contributed by atoms with Crippen LogP contribution in [0.15, 0.2) is 10.5 Å². The minimum atomic E-state index is -1.15. The van der Waals surface area contributed by atoms with Crippen molar-refractivity contribution in [2.75, 3.05) is 7.11 Å². The smallest absolute Gasteiger partial charge is 0.305 e. The van der Waals surface area contributed by atoms with E-state index in [9.17, 15) is 14.3 Å². The van der Waals surface area contributed by atoms with E-state index < -0.39 is 24.2 Å². The van der Waals surface area contributed by atoms with Crippen molar-refractivity contribution in [3.8, 4) is 11.5 Å². The third kappa shape index (κ3) is 2.86. The maximum atomic E-state index is 13.7. The maximum absolute atomic E-state index is 13.7. The Morgan fingerprint density at radius 3 is 2.76 bits per heavy atom. The van der Waals surface area contributed by atoms with Crippen LogP contribution in [0, 0.1) is 5.82 Å². The molecular formula is C10H11BrFNO4. The van der Waals surface area contributed by atoms with Crippen molar-refractivity contribution in [2.24, 2.45) is 5.73 Å². The molecule has 0 fully saturated rings. The molecular weight excluding hydrogens is 297 g/mol. The molecule has 0 heterocycles. The molecule has 0 amide bonds. The summed E-state index contributed by atoms with van der Waals surface area (Å²) in [6.07, 6.45) is -0.443. The van der Waals surface area contributed by atoms with Crippen LogP contribution in [0.2, 0.25) is 0 Å². The Balaban J connectivity index is 3.25. The number of aliphatic carboxylic acids is 1. The summed E-state index contributed by atoms with van der Waals surface area (Å²) in [5.41, 5.74) is 5.46. The molecule has 1 aromatic carbocycles. The first-order valence-corrected chi connectivity index (χ1v) is 5.40. The second-order valence-electron chi connectivity index (χ2n) is 3.34. The number of nitrogens with two attached hydrogens (primary N) is 1. The number of carbonyl (C=O) groups is 1. The van der Waals surface area contributed by atoms with Gasteiger partial charge in [-0.2, -0.15) is 0 Å². The highest BCUT2D eigenvalue weighted by Crippen LogP contribution is 2.40. The largest absolute Gasteiger partial charge is 0.503 e. The average Bonchev–Trinajstić information content (AvgIpc) is 2.22. The number of benzene rings is 1. The van der Waals surface area contributed by atoms with E-state index in [0.717, 1.165) is 6.07 Å². The SMILES string of the molecule is COc1cc(F)c(C(N)CC(=O)O)c(Br)c1O. The molecule has 0 saturated carbocycles. The summed E-state index contributed by atoms with van der Waals surface area (Å²) in [5, 5.41) is 18.2. The van der Waals surface area contributed by atoms with Crippen LogP contribution in [0.3, 0.4) is 0 Å². The van der Waals surface area contributed by atoms with Gasteiger partial charge in [-0.05, 0) is 15.9 Å². The molecule has 0 aliphatic rings. The van der Waals surface area contributed by atoms with Gasteiger partial charge in [-0.1, -0.05) is 0 Å². The number of hydrogen-bond acceptors (Lipinski definition) is 4. The van der Waals surface area contributed by atoms with Gasteiger partial charge in [0.2, 0.25) is 0 Å². The van der Waals surface area contributed by atoms with E-state index in [-0.39, 0.29) is 21.5 Å². The molecule has 0 spiro atoms. The molecule has 0 aromatic heterocycles. The van der Waals surface area contributed by atoms with Gasteiger partial charge >= 0.3 is 5.97 Å². The Morgan fingerprint density at radius 1 is 1.71 bits per heavy atom. The van der Waals surface area contributed by atoms with E-state index in [1.165, 1.54) is 7.11 Å². The minimum absolute atomic E-state index is 0.00287. The second kappa shape index (κ2) is 5.33. The van der Waals surface area contributed by atoms with Crippen molar-refractivity contribution in [2.45, 2.75) is 12.5 Å². The number of rotatable bonds is 4. The summed E-state index contributed by atoms with van der Waals surface area (Å²) >= 11 is 2.97. The van der Waals surface area contributed by atoms with Crippen LogP contribution < -0.4 is 10.5 Å². The first-order chi connectivity index (χ1) is 7.88. The third-order valence-electron chi connectivity index (χ3n) is 2.18. The number of hydrogen-bond donors (Lipinski definition) is 3. The highest BCUT2D eigenvalue weighted by Gasteiger charge is 2.23. The van der Waals surface area contributed by atoms with Gasteiger partial charge in [0.05, 0.1) is 18.0 Å².